The van der Waals surface area contributed by atoms with Crippen molar-refractivity contribution in [2.75, 3.05) is 0 Å². The second-order valence-corrected chi connectivity index (χ2v) is 19.4. The van der Waals surface area contributed by atoms with Crippen molar-refractivity contribution in [2.45, 2.75) is 14.8 Å². The number of hydrogen-bond acceptors (Lipinski definition) is 2. The van der Waals surface area contributed by atoms with Gasteiger partial charge < -0.3 is 0 Å². The fraction of sp³-hybridized carbons (Fsp3) is 0.250. The van der Waals surface area contributed by atoms with Crippen molar-refractivity contribution < 1.29 is 13.2 Å². The average molecular weight is 345 g/mol. The molecule has 0 fully saturated rings. The molecule has 2 aromatic rings. The van der Waals surface area contributed by atoms with Crippen molar-refractivity contribution in [3.63, 3.8) is 0 Å². The number of halogens is 2. The number of rotatable bonds is 1. The first-order valence-corrected chi connectivity index (χ1v) is 15.2. The Labute approximate surface area is 101 Å². The monoisotopic (exact) mass is 346 g/mol. The summed E-state index contributed by atoms with van der Waals surface area (Å²) in [5.74, 6) is -2.03. The van der Waals surface area contributed by atoms with E-state index in [-0.39, 0.29) is 16.4 Å². The van der Waals surface area contributed by atoms with Crippen molar-refractivity contribution in [1.29, 1.82) is 0 Å². The SMILES string of the molecule is [CH3][Sn]([CH3])([CH3])[c]1coc2cc(F)c(F)cc2c1=O. The van der Waals surface area contributed by atoms with Crippen LogP contribution in [0.2, 0.25) is 14.8 Å². The molecule has 0 bridgehead atoms. The third kappa shape index (κ3) is 2.22. The Kier molecular flexibility index (Phi) is 3.01. The molecule has 0 unspecified atom stereocenters. The van der Waals surface area contributed by atoms with Crippen molar-refractivity contribution >= 4 is 32.9 Å². The van der Waals surface area contributed by atoms with E-state index in [1.807, 2.05) is 0 Å². The molecule has 0 spiro atoms. The summed E-state index contributed by atoms with van der Waals surface area (Å²) in [6, 6.07) is 1.83. The number of hydrogen-bond donors (Lipinski definition) is 0. The van der Waals surface area contributed by atoms with Crippen LogP contribution >= 0.6 is 0 Å². The minimum atomic E-state index is -2.59. The van der Waals surface area contributed by atoms with E-state index in [0.29, 0.717) is 3.58 Å². The van der Waals surface area contributed by atoms with E-state index in [4.69, 9.17) is 4.42 Å². The minimum absolute atomic E-state index is 0.0909. The Morgan fingerprint density at radius 1 is 1.12 bits per heavy atom. The summed E-state index contributed by atoms with van der Waals surface area (Å²) < 4.78 is 32.0. The molecule has 17 heavy (non-hydrogen) atoms. The second-order valence-electron chi connectivity index (χ2n) is 4.99. The molecule has 1 aromatic carbocycles. The van der Waals surface area contributed by atoms with E-state index in [9.17, 15) is 13.6 Å². The van der Waals surface area contributed by atoms with Gasteiger partial charge in [-0.25, -0.2) is 0 Å². The van der Waals surface area contributed by atoms with E-state index < -0.39 is 30.0 Å². The van der Waals surface area contributed by atoms with Gasteiger partial charge in [0.1, 0.15) is 0 Å². The van der Waals surface area contributed by atoms with Crippen LogP contribution in [-0.2, 0) is 0 Å². The summed E-state index contributed by atoms with van der Waals surface area (Å²) in [4.78, 5) is 18.3. The van der Waals surface area contributed by atoms with Gasteiger partial charge in [-0.05, 0) is 0 Å². The third-order valence-corrected chi connectivity index (χ3v) is 8.22. The van der Waals surface area contributed by atoms with Crippen LogP contribution < -0.4 is 9.01 Å². The van der Waals surface area contributed by atoms with Crippen LogP contribution in [0.15, 0.2) is 27.6 Å². The standard InChI is InChI=1S/C9H3F2O2.3CH3.Sn/c10-6-3-5-8(12)1-2-13-9(5)4-7(6)11;;;;/h2-4H;3*1H3;. The molecule has 0 aliphatic rings. The molecule has 0 atom stereocenters. The third-order valence-electron chi connectivity index (χ3n) is 2.62. The van der Waals surface area contributed by atoms with Gasteiger partial charge in [0.25, 0.3) is 0 Å². The zero-order chi connectivity index (χ0) is 12.8. The Morgan fingerprint density at radius 3 is 2.29 bits per heavy atom. The first-order valence-electron chi connectivity index (χ1n) is 5.22. The zero-order valence-corrected chi connectivity index (χ0v) is 12.7. The van der Waals surface area contributed by atoms with Gasteiger partial charge in [-0.3, -0.25) is 0 Å². The van der Waals surface area contributed by atoms with Crippen LogP contribution in [0.5, 0.6) is 0 Å². The molecule has 0 amide bonds. The van der Waals surface area contributed by atoms with Gasteiger partial charge in [0.15, 0.2) is 0 Å². The molecule has 0 aliphatic carbocycles. The van der Waals surface area contributed by atoms with Crippen molar-refractivity contribution in [3.8, 4) is 0 Å². The van der Waals surface area contributed by atoms with Crippen LogP contribution in [0.1, 0.15) is 0 Å². The van der Waals surface area contributed by atoms with Crippen molar-refractivity contribution in [3.05, 3.63) is 40.3 Å². The molecule has 0 saturated heterocycles. The summed E-state index contributed by atoms with van der Waals surface area (Å²) in [5.41, 5.74) is -0.137. The molecule has 1 heterocycles. The van der Waals surface area contributed by atoms with Crippen LogP contribution in [0, 0.1) is 11.6 Å². The van der Waals surface area contributed by atoms with Gasteiger partial charge >= 0.3 is 101 Å². The molecule has 2 nitrogen and oxygen atoms in total. The Morgan fingerprint density at radius 2 is 1.71 bits per heavy atom. The molecule has 0 radical (unpaired) electrons. The van der Waals surface area contributed by atoms with E-state index in [1.54, 1.807) is 0 Å². The second kappa shape index (κ2) is 4.08. The van der Waals surface area contributed by atoms with Crippen LogP contribution in [0.3, 0.4) is 0 Å². The summed E-state index contributed by atoms with van der Waals surface area (Å²) in [6.07, 6.45) is 1.40. The Hall–Kier alpha value is -0.911. The van der Waals surface area contributed by atoms with E-state index in [1.165, 1.54) is 6.26 Å². The maximum absolute atomic E-state index is 13.1. The normalized spacial score (nSPS) is 12.1. The summed E-state index contributed by atoms with van der Waals surface area (Å²) in [6.45, 7) is 0. The topological polar surface area (TPSA) is 30.2 Å². The number of benzene rings is 1. The molecular formula is C12H12F2O2Sn. The van der Waals surface area contributed by atoms with Gasteiger partial charge in [-0.2, -0.15) is 0 Å². The summed E-state index contributed by atoms with van der Waals surface area (Å²) in [7, 11) is 0. The molecule has 5 heteroatoms. The number of fused-ring (bicyclic) bond motifs is 1. The van der Waals surface area contributed by atoms with Crippen molar-refractivity contribution in [2.24, 2.45) is 0 Å². The van der Waals surface area contributed by atoms with E-state index in [0.717, 1.165) is 12.1 Å². The van der Waals surface area contributed by atoms with Gasteiger partial charge in [0.2, 0.25) is 0 Å². The molecule has 2 rings (SSSR count). The molecule has 1 aromatic heterocycles. The first kappa shape index (κ1) is 12.5. The van der Waals surface area contributed by atoms with Gasteiger partial charge in [-0.15, -0.1) is 0 Å². The first-order chi connectivity index (χ1) is 7.80. The fourth-order valence-corrected chi connectivity index (χ4v) is 5.15. The van der Waals surface area contributed by atoms with Crippen LogP contribution in [0.4, 0.5) is 8.78 Å². The Bertz CT molecular complexity index is 641. The molecule has 0 saturated carbocycles. The fourth-order valence-electron chi connectivity index (χ4n) is 1.64. The van der Waals surface area contributed by atoms with Crippen LogP contribution in [0.25, 0.3) is 11.0 Å². The van der Waals surface area contributed by atoms with E-state index >= 15 is 0 Å². The van der Waals surface area contributed by atoms with Crippen molar-refractivity contribution in [1.82, 2.24) is 0 Å². The molecule has 0 aliphatic heterocycles. The Balaban J connectivity index is 2.85. The van der Waals surface area contributed by atoms with Gasteiger partial charge in [0, 0.05) is 0 Å². The molecule has 0 N–H and O–H groups in total. The van der Waals surface area contributed by atoms with Crippen LogP contribution in [-0.4, -0.2) is 18.4 Å². The predicted molar refractivity (Wildman–Crippen MR) is 65.4 cm³/mol. The maximum atomic E-state index is 13.1. The van der Waals surface area contributed by atoms with Gasteiger partial charge in [0.05, 0.1) is 0 Å². The zero-order valence-electron chi connectivity index (χ0n) is 9.80. The van der Waals surface area contributed by atoms with Gasteiger partial charge in [-0.1, -0.05) is 0 Å². The average Bonchev–Trinajstić information content (AvgIpc) is 2.19. The summed E-state index contributed by atoms with van der Waals surface area (Å²) >= 11 is -2.59. The van der Waals surface area contributed by atoms with E-state index in [2.05, 4.69) is 14.8 Å². The molecule has 90 valence electrons. The summed E-state index contributed by atoms with van der Waals surface area (Å²) in [5, 5.41) is 0.119. The molecular weight excluding hydrogens is 333 g/mol. The predicted octanol–water partition coefficient (Wildman–Crippen LogP) is 2.62. The quantitative estimate of drug-likeness (QED) is 0.744.